The minimum atomic E-state index is -3.88. The molecule has 0 heterocycles. The van der Waals surface area contributed by atoms with Gasteiger partial charge in [-0.1, -0.05) is 0 Å². The number of nitrogens with one attached hydrogen (secondary N) is 1. The fourth-order valence-electron chi connectivity index (χ4n) is 2.55. The number of carboxylic acid groups (broad SMARTS) is 1. The summed E-state index contributed by atoms with van der Waals surface area (Å²) in [5.41, 5.74) is 0.856. The van der Waals surface area contributed by atoms with Crippen molar-refractivity contribution in [2.45, 2.75) is 18.7 Å². The zero-order valence-electron chi connectivity index (χ0n) is 14.9. The predicted molar refractivity (Wildman–Crippen MR) is 101 cm³/mol. The van der Waals surface area contributed by atoms with E-state index in [1.54, 1.807) is 18.2 Å². The molecule has 0 unspecified atom stereocenters. The number of benzene rings is 2. The molecule has 0 radical (unpaired) electrons. The number of aromatic carboxylic acids is 1. The summed E-state index contributed by atoms with van der Waals surface area (Å²) < 4.78 is 33.0. The highest BCUT2D eigenvalue weighted by Gasteiger charge is 2.19. The highest BCUT2D eigenvalue weighted by molar-refractivity contribution is 7.92. The Morgan fingerprint density at radius 3 is 2.23 bits per heavy atom. The molecule has 0 amide bonds. The van der Waals surface area contributed by atoms with Crippen LogP contribution >= 0.6 is 0 Å². The van der Waals surface area contributed by atoms with Crippen molar-refractivity contribution < 1.29 is 23.1 Å². The summed E-state index contributed by atoms with van der Waals surface area (Å²) in [6.45, 7) is 5.19. The summed E-state index contributed by atoms with van der Waals surface area (Å²) >= 11 is 0. The van der Waals surface area contributed by atoms with Gasteiger partial charge in [-0.3, -0.25) is 4.72 Å². The Morgan fingerprint density at radius 2 is 1.73 bits per heavy atom. The first-order chi connectivity index (χ1) is 12.3. The number of hydrogen-bond acceptors (Lipinski definition) is 5. The number of methoxy groups -OCH3 is 1. The topological polar surface area (TPSA) is 95.9 Å². The molecule has 2 aromatic rings. The summed E-state index contributed by atoms with van der Waals surface area (Å²) in [7, 11) is -2.38. The molecule has 0 aliphatic carbocycles. The van der Waals surface area contributed by atoms with E-state index < -0.39 is 16.0 Å². The van der Waals surface area contributed by atoms with E-state index in [0.717, 1.165) is 0 Å². The van der Waals surface area contributed by atoms with Crippen LogP contribution in [0, 0.1) is 0 Å². The van der Waals surface area contributed by atoms with E-state index in [1.165, 1.54) is 31.4 Å². The van der Waals surface area contributed by atoms with Crippen molar-refractivity contribution in [1.82, 2.24) is 0 Å². The molecule has 140 valence electrons. The van der Waals surface area contributed by atoms with Crippen LogP contribution in [-0.2, 0) is 10.0 Å². The van der Waals surface area contributed by atoms with Gasteiger partial charge < -0.3 is 14.7 Å². The van der Waals surface area contributed by atoms with Crippen molar-refractivity contribution in [3.63, 3.8) is 0 Å². The third-order valence-corrected chi connectivity index (χ3v) is 5.34. The lowest BCUT2D eigenvalue weighted by atomic mass is 10.1. The third kappa shape index (κ3) is 4.26. The van der Waals surface area contributed by atoms with Gasteiger partial charge in [0.15, 0.2) is 0 Å². The summed E-state index contributed by atoms with van der Waals surface area (Å²) in [6, 6.07) is 10.4. The van der Waals surface area contributed by atoms with E-state index in [-0.39, 0.29) is 16.1 Å². The van der Waals surface area contributed by atoms with Crippen LogP contribution < -0.4 is 14.4 Å². The summed E-state index contributed by atoms with van der Waals surface area (Å²) in [5.74, 6) is -0.582. The second kappa shape index (κ2) is 8.09. The van der Waals surface area contributed by atoms with Crippen LogP contribution in [0.4, 0.5) is 11.4 Å². The highest BCUT2D eigenvalue weighted by Crippen LogP contribution is 2.30. The van der Waals surface area contributed by atoms with E-state index >= 15 is 0 Å². The first kappa shape index (κ1) is 19.6. The average Bonchev–Trinajstić information content (AvgIpc) is 2.63. The second-order valence-corrected chi connectivity index (χ2v) is 7.17. The van der Waals surface area contributed by atoms with E-state index in [2.05, 4.69) is 4.72 Å². The number of nitrogens with zero attached hydrogens (tertiary/aromatic N) is 1. The molecule has 7 nitrogen and oxygen atoms in total. The summed E-state index contributed by atoms with van der Waals surface area (Å²) in [6.07, 6.45) is 0. The van der Waals surface area contributed by atoms with Gasteiger partial charge in [-0.2, -0.15) is 0 Å². The molecule has 8 heteroatoms. The molecule has 2 N–H and O–H groups in total. The zero-order chi connectivity index (χ0) is 19.3. The number of rotatable bonds is 8. The van der Waals surface area contributed by atoms with Crippen molar-refractivity contribution in [3.05, 3.63) is 48.0 Å². The number of anilines is 2. The number of carboxylic acids is 1. The first-order valence-electron chi connectivity index (χ1n) is 8.11. The Balaban J connectivity index is 2.47. The van der Waals surface area contributed by atoms with Gasteiger partial charge in [-0.05, 0) is 56.3 Å². The molecular formula is C18H22N2O5S. The maximum Gasteiger partial charge on any atom is 0.335 e. The quantitative estimate of drug-likeness (QED) is 0.733. The molecule has 0 saturated carbocycles. The molecule has 2 rings (SSSR count). The molecule has 0 fully saturated rings. The standard InChI is InChI=1S/C18H22N2O5S/c1-4-20(5-2)17-11-6-13(18(21)22)12-16(17)19-26(23,24)15-9-7-14(25-3)8-10-15/h6-12,19H,4-5H2,1-3H3,(H,21,22). The molecule has 2 aromatic carbocycles. The van der Waals surface area contributed by atoms with Gasteiger partial charge in [0.05, 0.1) is 28.9 Å². The largest absolute Gasteiger partial charge is 0.497 e. The van der Waals surface area contributed by atoms with Gasteiger partial charge in [-0.25, -0.2) is 13.2 Å². The van der Waals surface area contributed by atoms with E-state index in [9.17, 15) is 18.3 Å². The van der Waals surface area contributed by atoms with E-state index in [1.807, 2.05) is 18.7 Å². The first-order valence-corrected chi connectivity index (χ1v) is 9.59. The van der Waals surface area contributed by atoms with E-state index in [4.69, 9.17) is 4.74 Å². The van der Waals surface area contributed by atoms with E-state index in [0.29, 0.717) is 24.5 Å². The highest BCUT2D eigenvalue weighted by atomic mass is 32.2. The number of hydrogen-bond donors (Lipinski definition) is 2. The molecule has 0 saturated heterocycles. The monoisotopic (exact) mass is 378 g/mol. The van der Waals surface area contributed by atoms with Crippen LogP contribution in [-0.4, -0.2) is 39.7 Å². The molecular weight excluding hydrogens is 356 g/mol. The van der Waals surface area contributed by atoms with Gasteiger partial charge in [-0.15, -0.1) is 0 Å². The fourth-order valence-corrected chi connectivity index (χ4v) is 3.61. The third-order valence-electron chi connectivity index (χ3n) is 3.96. The Kier molecular flexibility index (Phi) is 6.10. The second-order valence-electron chi connectivity index (χ2n) is 5.49. The number of sulfonamides is 1. The number of carbonyl (C=O) groups is 1. The lowest BCUT2D eigenvalue weighted by Crippen LogP contribution is -2.24. The van der Waals surface area contributed by atoms with Gasteiger partial charge in [0, 0.05) is 13.1 Å². The Labute approximate surface area is 153 Å². The Hall–Kier alpha value is -2.74. The number of ether oxygens (including phenoxy) is 1. The van der Waals surface area contributed by atoms with Crippen molar-refractivity contribution in [1.29, 1.82) is 0 Å². The van der Waals surface area contributed by atoms with Gasteiger partial charge >= 0.3 is 5.97 Å². The fraction of sp³-hybridized carbons (Fsp3) is 0.278. The van der Waals surface area contributed by atoms with Crippen molar-refractivity contribution in [2.24, 2.45) is 0 Å². The predicted octanol–water partition coefficient (Wildman–Crippen LogP) is 3.04. The zero-order valence-corrected chi connectivity index (χ0v) is 15.7. The molecule has 26 heavy (non-hydrogen) atoms. The van der Waals surface area contributed by atoms with Crippen LogP contribution in [0.2, 0.25) is 0 Å². The minimum absolute atomic E-state index is 0.00772. The maximum atomic E-state index is 12.7. The van der Waals surface area contributed by atoms with Crippen LogP contribution in [0.25, 0.3) is 0 Å². The minimum Gasteiger partial charge on any atom is -0.497 e. The van der Waals surface area contributed by atoms with Crippen LogP contribution in [0.15, 0.2) is 47.4 Å². The Bertz CT molecular complexity index is 875. The average molecular weight is 378 g/mol. The van der Waals surface area contributed by atoms with Gasteiger partial charge in [0.1, 0.15) is 5.75 Å². The van der Waals surface area contributed by atoms with Crippen LogP contribution in [0.5, 0.6) is 5.75 Å². The van der Waals surface area contributed by atoms with Crippen molar-refractivity contribution in [3.8, 4) is 5.75 Å². The van der Waals surface area contributed by atoms with Gasteiger partial charge in [0.25, 0.3) is 10.0 Å². The lowest BCUT2D eigenvalue weighted by molar-refractivity contribution is 0.0697. The molecule has 0 atom stereocenters. The molecule has 0 bridgehead atoms. The lowest BCUT2D eigenvalue weighted by Gasteiger charge is -2.24. The molecule has 0 aliphatic heterocycles. The molecule has 0 spiro atoms. The van der Waals surface area contributed by atoms with Crippen LogP contribution in [0.3, 0.4) is 0 Å². The smallest absolute Gasteiger partial charge is 0.335 e. The van der Waals surface area contributed by atoms with Gasteiger partial charge in [0.2, 0.25) is 0 Å². The van der Waals surface area contributed by atoms with Crippen molar-refractivity contribution >= 4 is 27.4 Å². The SMILES string of the molecule is CCN(CC)c1ccc(C(=O)O)cc1NS(=O)(=O)c1ccc(OC)cc1. The molecule has 0 aliphatic rings. The van der Waals surface area contributed by atoms with Crippen LogP contribution in [0.1, 0.15) is 24.2 Å². The normalized spacial score (nSPS) is 11.0. The summed E-state index contributed by atoms with van der Waals surface area (Å²) in [5, 5.41) is 9.22. The molecule has 0 aromatic heterocycles. The Morgan fingerprint density at radius 1 is 1.12 bits per heavy atom. The van der Waals surface area contributed by atoms with Crippen molar-refractivity contribution in [2.75, 3.05) is 29.8 Å². The maximum absolute atomic E-state index is 12.7. The summed E-state index contributed by atoms with van der Waals surface area (Å²) in [4.78, 5) is 13.3.